The fraction of sp³-hybridized carbons (Fsp3) is 0.769. The Kier molecular flexibility index (Phi) is 5.72. The summed E-state index contributed by atoms with van der Waals surface area (Å²) in [6.07, 6.45) is 2.66. The van der Waals surface area contributed by atoms with Crippen molar-refractivity contribution in [3.63, 3.8) is 0 Å². The average molecular weight is 417 g/mol. The van der Waals surface area contributed by atoms with Crippen LogP contribution in [0.1, 0.15) is 84.9 Å². The molecule has 0 aromatic heterocycles. The summed E-state index contributed by atoms with van der Waals surface area (Å²) in [5, 5.41) is 10.3. The SMILES string of the molecule is C[SiH](C)OC(C1[C@@H](CO)C1(C)c1ccc2c(c1)C(C)(C)CCC2(C)C)C(C)(C)C. The van der Waals surface area contributed by atoms with Crippen molar-refractivity contribution in [2.75, 3.05) is 6.61 Å². The van der Waals surface area contributed by atoms with Crippen molar-refractivity contribution >= 4 is 9.04 Å². The summed E-state index contributed by atoms with van der Waals surface area (Å²) in [6.45, 7) is 23.6. The van der Waals surface area contributed by atoms with Crippen LogP contribution in [0.3, 0.4) is 0 Å². The van der Waals surface area contributed by atoms with Crippen LogP contribution in [0.5, 0.6) is 0 Å². The molecule has 3 heteroatoms. The van der Waals surface area contributed by atoms with E-state index in [2.05, 4.69) is 86.7 Å². The molecule has 2 aliphatic carbocycles. The van der Waals surface area contributed by atoms with Gasteiger partial charge in [-0.05, 0) is 70.7 Å². The Morgan fingerprint density at radius 1 is 1.03 bits per heavy atom. The largest absolute Gasteiger partial charge is 0.417 e. The first-order valence-corrected chi connectivity index (χ1v) is 14.4. The van der Waals surface area contributed by atoms with Crippen LogP contribution < -0.4 is 0 Å². The van der Waals surface area contributed by atoms with E-state index in [0.717, 1.165) is 0 Å². The molecule has 3 unspecified atom stereocenters. The van der Waals surface area contributed by atoms with E-state index in [4.69, 9.17) is 4.43 Å². The summed E-state index contributed by atoms with van der Waals surface area (Å²) in [6, 6.07) is 7.24. The molecule has 1 saturated carbocycles. The Hall–Kier alpha value is -0.643. The summed E-state index contributed by atoms with van der Waals surface area (Å²) >= 11 is 0. The summed E-state index contributed by atoms with van der Waals surface area (Å²) in [5.41, 5.74) is 4.93. The molecule has 164 valence electrons. The first-order chi connectivity index (χ1) is 13.2. The standard InChI is InChI=1S/C26H44O2Si/c1-23(2,3)22(28-29(9)10)21-20(16-27)26(21,8)17-11-12-18-19(15-17)25(6,7)14-13-24(18,4)5/h11-12,15,20-22,27,29H,13-14,16H2,1-10H3/t20-,21?,22?,26?/m1/s1. The number of rotatable bonds is 5. The van der Waals surface area contributed by atoms with Gasteiger partial charge in [-0.25, -0.2) is 0 Å². The van der Waals surface area contributed by atoms with Crippen molar-refractivity contribution in [1.29, 1.82) is 0 Å². The second kappa shape index (κ2) is 7.21. The van der Waals surface area contributed by atoms with Crippen molar-refractivity contribution in [3.8, 4) is 0 Å². The van der Waals surface area contributed by atoms with Gasteiger partial charge in [-0.15, -0.1) is 0 Å². The normalized spacial score (nSPS) is 31.4. The minimum absolute atomic E-state index is 0.0112. The molecule has 0 radical (unpaired) electrons. The Morgan fingerprint density at radius 2 is 1.59 bits per heavy atom. The van der Waals surface area contributed by atoms with Crippen LogP contribution in [-0.4, -0.2) is 26.9 Å². The number of hydrogen-bond donors (Lipinski definition) is 1. The molecular formula is C26H44O2Si. The van der Waals surface area contributed by atoms with Gasteiger partial charge in [0.2, 0.25) is 0 Å². The van der Waals surface area contributed by atoms with Gasteiger partial charge in [0.1, 0.15) is 0 Å². The maximum absolute atomic E-state index is 10.3. The Labute approximate surface area is 181 Å². The van der Waals surface area contributed by atoms with Crippen LogP contribution in [0.25, 0.3) is 0 Å². The molecule has 0 spiro atoms. The summed E-state index contributed by atoms with van der Waals surface area (Å²) in [4.78, 5) is 0. The van der Waals surface area contributed by atoms with Gasteiger partial charge < -0.3 is 9.53 Å². The van der Waals surface area contributed by atoms with E-state index >= 15 is 0 Å². The molecule has 0 saturated heterocycles. The van der Waals surface area contributed by atoms with Gasteiger partial charge >= 0.3 is 0 Å². The number of aliphatic hydroxyl groups excluding tert-OH is 1. The van der Waals surface area contributed by atoms with Crippen LogP contribution >= 0.6 is 0 Å². The zero-order valence-corrected chi connectivity index (χ0v) is 21.7. The van der Waals surface area contributed by atoms with Crippen molar-refractivity contribution in [3.05, 3.63) is 34.9 Å². The average Bonchev–Trinajstić information content (AvgIpc) is 3.21. The highest BCUT2D eigenvalue weighted by molar-refractivity contribution is 6.48. The first kappa shape index (κ1) is 23.0. The van der Waals surface area contributed by atoms with E-state index in [0.29, 0.717) is 5.92 Å². The third-order valence-corrected chi connectivity index (χ3v) is 8.89. The quantitative estimate of drug-likeness (QED) is 0.601. The lowest BCUT2D eigenvalue weighted by Crippen LogP contribution is -2.37. The van der Waals surface area contributed by atoms with Gasteiger partial charge in [-0.3, -0.25) is 0 Å². The summed E-state index contributed by atoms with van der Waals surface area (Å²) in [5.74, 6) is 0.650. The molecule has 2 nitrogen and oxygen atoms in total. The van der Waals surface area contributed by atoms with Crippen molar-refractivity contribution in [1.82, 2.24) is 0 Å². The highest BCUT2D eigenvalue weighted by atomic mass is 28.3. The molecule has 0 aliphatic heterocycles. The monoisotopic (exact) mass is 416 g/mol. The first-order valence-electron chi connectivity index (χ1n) is 11.6. The molecule has 3 rings (SSSR count). The maximum Gasteiger partial charge on any atom is 0.171 e. The molecule has 0 heterocycles. The van der Waals surface area contributed by atoms with Crippen LogP contribution in [0.4, 0.5) is 0 Å². The van der Waals surface area contributed by atoms with Gasteiger partial charge in [0, 0.05) is 12.0 Å². The lowest BCUT2D eigenvalue weighted by Gasteiger charge is -2.42. The Bertz CT molecular complexity index is 758. The van der Waals surface area contributed by atoms with Crippen LogP contribution in [0.15, 0.2) is 18.2 Å². The van der Waals surface area contributed by atoms with E-state index in [1.165, 1.54) is 29.5 Å². The van der Waals surface area contributed by atoms with E-state index in [1.807, 2.05) is 0 Å². The fourth-order valence-corrected chi connectivity index (χ4v) is 7.08. The lowest BCUT2D eigenvalue weighted by molar-refractivity contribution is 0.0539. The van der Waals surface area contributed by atoms with Gasteiger partial charge in [0.25, 0.3) is 0 Å². The highest BCUT2D eigenvalue weighted by Crippen LogP contribution is 2.64. The van der Waals surface area contributed by atoms with Gasteiger partial charge in [-0.2, -0.15) is 0 Å². The molecule has 29 heavy (non-hydrogen) atoms. The van der Waals surface area contributed by atoms with Crippen molar-refractivity contribution in [2.45, 2.75) is 104 Å². The van der Waals surface area contributed by atoms with E-state index < -0.39 is 9.04 Å². The minimum Gasteiger partial charge on any atom is -0.417 e. The smallest absolute Gasteiger partial charge is 0.171 e. The van der Waals surface area contributed by atoms with E-state index in [1.54, 1.807) is 0 Å². The molecule has 1 fully saturated rings. The van der Waals surface area contributed by atoms with Crippen LogP contribution in [-0.2, 0) is 20.7 Å². The fourth-order valence-electron chi connectivity index (χ4n) is 5.92. The van der Waals surface area contributed by atoms with E-state index in [-0.39, 0.29) is 40.3 Å². The third-order valence-electron chi connectivity index (χ3n) is 8.06. The van der Waals surface area contributed by atoms with Gasteiger partial charge in [0.05, 0.1) is 6.10 Å². The molecule has 0 bridgehead atoms. The topological polar surface area (TPSA) is 29.5 Å². The molecule has 2 aliphatic rings. The summed E-state index contributed by atoms with van der Waals surface area (Å²) < 4.78 is 6.60. The second-order valence-corrected chi connectivity index (χ2v) is 15.0. The highest BCUT2D eigenvalue weighted by Gasteiger charge is 2.66. The zero-order valence-electron chi connectivity index (χ0n) is 20.5. The number of fused-ring (bicyclic) bond motifs is 1. The number of aliphatic hydroxyl groups is 1. The third kappa shape index (κ3) is 3.88. The van der Waals surface area contributed by atoms with Gasteiger partial charge in [-0.1, -0.05) is 73.6 Å². The zero-order chi connectivity index (χ0) is 22.0. The Balaban J connectivity index is 2.06. The minimum atomic E-state index is -1.18. The van der Waals surface area contributed by atoms with Crippen molar-refractivity contribution < 1.29 is 9.53 Å². The molecule has 4 atom stereocenters. The second-order valence-electron chi connectivity index (χ2n) is 12.6. The maximum atomic E-state index is 10.3. The predicted octanol–water partition coefficient (Wildman–Crippen LogP) is 5.95. The lowest BCUT2D eigenvalue weighted by atomic mass is 9.62. The molecule has 1 aromatic carbocycles. The van der Waals surface area contributed by atoms with Gasteiger partial charge in [0.15, 0.2) is 9.04 Å². The Morgan fingerprint density at radius 3 is 2.07 bits per heavy atom. The van der Waals surface area contributed by atoms with Crippen molar-refractivity contribution in [2.24, 2.45) is 17.3 Å². The predicted molar refractivity (Wildman–Crippen MR) is 126 cm³/mol. The molecule has 1 N–H and O–H groups in total. The molecule has 1 aromatic rings. The molecular weight excluding hydrogens is 372 g/mol. The molecule has 0 amide bonds. The number of hydrogen-bond acceptors (Lipinski definition) is 2. The summed E-state index contributed by atoms with van der Waals surface area (Å²) in [7, 11) is -1.18. The van der Waals surface area contributed by atoms with E-state index in [9.17, 15) is 5.11 Å². The van der Waals surface area contributed by atoms with Crippen LogP contribution in [0.2, 0.25) is 13.1 Å². The number of benzene rings is 1. The van der Waals surface area contributed by atoms with Crippen LogP contribution in [0, 0.1) is 17.3 Å².